The highest BCUT2D eigenvalue weighted by molar-refractivity contribution is 5.89. The van der Waals surface area contributed by atoms with Gasteiger partial charge >= 0.3 is 0 Å². The van der Waals surface area contributed by atoms with Crippen molar-refractivity contribution >= 4 is 17.3 Å². The third-order valence-electron chi connectivity index (χ3n) is 3.34. The highest BCUT2D eigenvalue weighted by Gasteiger charge is 2.23. The molecule has 0 aromatic heterocycles. The third-order valence-corrected chi connectivity index (χ3v) is 3.34. The van der Waals surface area contributed by atoms with Gasteiger partial charge in [-0.1, -0.05) is 18.9 Å². The Kier molecular flexibility index (Phi) is 3.90. The lowest BCUT2D eigenvalue weighted by Crippen LogP contribution is -2.16. The fourth-order valence-electron chi connectivity index (χ4n) is 2.24. The topological polar surface area (TPSA) is 41.1 Å². The highest BCUT2D eigenvalue weighted by Crippen LogP contribution is 2.34. The summed E-state index contributed by atoms with van der Waals surface area (Å²) in [6.45, 7) is 5.84. The van der Waals surface area contributed by atoms with Crippen molar-refractivity contribution in [2.45, 2.75) is 46.1 Å². The monoisotopic (exact) mass is 246 g/mol. The second kappa shape index (κ2) is 5.42. The second-order valence-corrected chi connectivity index (χ2v) is 5.44. The van der Waals surface area contributed by atoms with Crippen molar-refractivity contribution in [3.63, 3.8) is 0 Å². The van der Waals surface area contributed by atoms with E-state index >= 15 is 0 Å². The molecule has 1 aliphatic rings. The lowest BCUT2D eigenvalue weighted by molar-refractivity contribution is -0.114. The summed E-state index contributed by atoms with van der Waals surface area (Å²) in [4.78, 5) is 11.1. The summed E-state index contributed by atoms with van der Waals surface area (Å²) in [5, 5.41) is 6.36. The summed E-state index contributed by atoms with van der Waals surface area (Å²) >= 11 is 0. The Morgan fingerprint density at radius 1 is 1.44 bits per heavy atom. The number of benzene rings is 1. The summed E-state index contributed by atoms with van der Waals surface area (Å²) < 4.78 is 0. The minimum atomic E-state index is -0.0316. The highest BCUT2D eigenvalue weighted by atomic mass is 16.1. The van der Waals surface area contributed by atoms with E-state index in [1.807, 2.05) is 18.2 Å². The Morgan fingerprint density at radius 3 is 2.78 bits per heavy atom. The lowest BCUT2D eigenvalue weighted by atomic mass is 10.1. The number of anilines is 2. The number of amides is 1. The maximum atomic E-state index is 11.1. The molecular formula is C15H22N2O. The van der Waals surface area contributed by atoms with Gasteiger partial charge in [-0.3, -0.25) is 4.79 Å². The van der Waals surface area contributed by atoms with Crippen LogP contribution in [0.2, 0.25) is 0 Å². The third kappa shape index (κ3) is 3.76. The minimum absolute atomic E-state index is 0.0316. The van der Waals surface area contributed by atoms with E-state index in [9.17, 15) is 4.79 Å². The van der Waals surface area contributed by atoms with Gasteiger partial charge in [-0.15, -0.1) is 0 Å². The molecule has 3 nitrogen and oxygen atoms in total. The maximum absolute atomic E-state index is 11.1. The first-order chi connectivity index (χ1) is 8.54. The van der Waals surface area contributed by atoms with Crippen molar-refractivity contribution in [2.75, 3.05) is 10.6 Å². The van der Waals surface area contributed by atoms with Crippen LogP contribution in [-0.4, -0.2) is 11.9 Å². The van der Waals surface area contributed by atoms with E-state index in [2.05, 4.69) is 24.5 Å². The molecular weight excluding hydrogens is 224 g/mol. The van der Waals surface area contributed by atoms with E-state index in [1.165, 1.54) is 31.7 Å². The minimum Gasteiger partial charge on any atom is -0.382 e. The largest absolute Gasteiger partial charge is 0.382 e. The van der Waals surface area contributed by atoms with Crippen molar-refractivity contribution in [2.24, 2.45) is 5.92 Å². The van der Waals surface area contributed by atoms with E-state index in [-0.39, 0.29) is 5.91 Å². The Balaban J connectivity index is 2.02. The zero-order valence-electron chi connectivity index (χ0n) is 11.4. The number of rotatable bonds is 5. The average Bonchev–Trinajstić information content (AvgIpc) is 3.06. The Morgan fingerprint density at radius 2 is 2.17 bits per heavy atom. The molecule has 0 unspecified atom stereocenters. The van der Waals surface area contributed by atoms with E-state index in [4.69, 9.17) is 0 Å². The molecule has 1 aromatic carbocycles. The molecule has 0 spiro atoms. The first-order valence-electron chi connectivity index (χ1n) is 6.69. The molecule has 1 aromatic rings. The average molecular weight is 246 g/mol. The fraction of sp³-hybridized carbons (Fsp3) is 0.533. The van der Waals surface area contributed by atoms with Crippen LogP contribution < -0.4 is 10.6 Å². The molecule has 3 heteroatoms. The number of hydrogen-bond donors (Lipinski definition) is 2. The van der Waals surface area contributed by atoms with E-state index in [0.717, 1.165) is 17.3 Å². The van der Waals surface area contributed by atoms with Crippen molar-refractivity contribution < 1.29 is 4.79 Å². The quantitative estimate of drug-likeness (QED) is 0.834. The van der Waals surface area contributed by atoms with E-state index in [0.29, 0.717) is 6.04 Å². The Labute approximate surface area is 109 Å². The second-order valence-electron chi connectivity index (χ2n) is 5.44. The Bertz CT molecular complexity index is 438. The molecule has 2 N–H and O–H groups in total. The smallest absolute Gasteiger partial charge is 0.221 e. The molecule has 0 heterocycles. The van der Waals surface area contributed by atoms with Crippen molar-refractivity contribution in [3.8, 4) is 0 Å². The summed E-state index contributed by atoms with van der Waals surface area (Å²) in [6, 6.07) is 6.48. The van der Waals surface area contributed by atoms with Crippen LogP contribution in [0.1, 0.15) is 38.7 Å². The van der Waals surface area contributed by atoms with Gasteiger partial charge in [0.05, 0.1) is 0 Å². The molecule has 1 atom stereocenters. The van der Waals surface area contributed by atoms with Gasteiger partial charge in [0.2, 0.25) is 5.91 Å². The van der Waals surface area contributed by atoms with Crippen LogP contribution in [0.3, 0.4) is 0 Å². The van der Waals surface area contributed by atoms with E-state index in [1.54, 1.807) is 0 Å². The molecule has 0 bridgehead atoms. The predicted molar refractivity (Wildman–Crippen MR) is 75.9 cm³/mol. The van der Waals surface area contributed by atoms with Gasteiger partial charge in [0, 0.05) is 24.3 Å². The molecule has 1 amide bonds. The SMILES string of the molecule is CC(=O)Nc1ccc(C)c(N[C@@H](C)CC2CC2)c1. The van der Waals surface area contributed by atoms with Gasteiger partial charge in [0.15, 0.2) is 0 Å². The summed E-state index contributed by atoms with van der Waals surface area (Å²) in [6.07, 6.45) is 4.01. The lowest BCUT2D eigenvalue weighted by Gasteiger charge is -2.17. The van der Waals surface area contributed by atoms with Crippen LogP contribution in [0.25, 0.3) is 0 Å². The number of hydrogen-bond acceptors (Lipinski definition) is 2. The van der Waals surface area contributed by atoms with Gasteiger partial charge in [0.25, 0.3) is 0 Å². The van der Waals surface area contributed by atoms with Crippen LogP contribution in [0.15, 0.2) is 18.2 Å². The first-order valence-corrected chi connectivity index (χ1v) is 6.69. The van der Waals surface area contributed by atoms with Gasteiger partial charge in [0.1, 0.15) is 0 Å². The molecule has 1 saturated carbocycles. The van der Waals surface area contributed by atoms with Gasteiger partial charge in [-0.05, 0) is 43.9 Å². The standard InChI is InChI=1S/C15H22N2O/c1-10-4-7-14(17-12(3)18)9-15(10)16-11(2)8-13-5-6-13/h4,7,9,11,13,16H,5-6,8H2,1-3H3,(H,17,18)/t11-/m0/s1. The van der Waals surface area contributed by atoms with Crippen LogP contribution in [0.4, 0.5) is 11.4 Å². The van der Waals surface area contributed by atoms with Crippen molar-refractivity contribution in [1.29, 1.82) is 0 Å². The van der Waals surface area contributed by atoms with Crippen LogP contribution >= 0.6 is 0 Å². The summed E-state index contributed by atoms with van der Waals surface area (Å²) in [5.41, 5.74) is 3.19. The summed E-state index contributed by atoms with van der Waals surface area (Å²) in [5.74, 6) is 0.891. The van der Waals surface area contributed by atoms with Gasteiger partial charge in [-0.2, -0.15) is 0 Å². The normalized spacial score (nSPS) is 16.2. The number of nitrogens with one attached hydrogen (secondary N) is 2. The molecule has 1 fully saturated rings. The summed E-state index contributed by atoms with van der Waals surface area (Å²) in [7, 11) is 0. The number of carbonyl (C=O) groups is 1. The molecule has 98 valence electrons. The molecule has 2 rings (SSSR count). The fourth-order valence-corrected chi connectivity index (χ4v) is 2.24. The first kappa shape index (κ1) is 12.9. The van der Waals surface area contributed by atoms with Crippen molar-refractivity contribution in [3.05, 3.63) is 23.8 Å². The van der Waals surface area contributed by atoms with Gasteiger partial charge in [-0.25, -0.2) is 0 Å². The number of carbonyl (C=O) groups excluding carboxylic acids is 1. The van der Waals surface area contributed by atoms with E-state index < -0.39 is 0 Å². The van der Waals surface area contributed by atoms with Gasteiger partial charge < -0.3 is 10.6 Å². The van der Waals surface area contributed by atoms with Crippen LogP contribution in [-0.2, 0) is 4.79 Å². The molecule has 0 aliphatic heterocycles. The number of aryl methyl sites for hydroxylation is 1. The molecule has 0 saturated heterocycles. The molecule has 18 heavy (non-hydrogen) atoms. The maximum Gasteiger partial charge on any atom is 0.221 e. The molecule has 1 aliphatic carbocycles. The zero-order chi connectivity index (χ0) is 13.1. The molecule has 0 radical (unpaired) electrons. The zero-order valence-corrected chi connectivity index (χ0v) is 11.4. The van der Waals surface area contributed by atoms with Crippen LogP contribution in [0.5, 0.6) is 0 Å². The Hall–Kier alpha value is -1.51. The van der Waals surface area contributed by atoms with Crippen LogP contribution in [0, 0.1) is 12.8 Å². The predicted octanol–water partition coefficient (Wildman–Crippen LogP) is 3.55. The van der Waals surface area contributed by atoms with Crippen molar-refractivity contribution in [1.82, 2.24) is 0 Å².